The molecule has 0 spiro atoms. The molecule has 0 heterocycles. The summed E-state index contributed by atoms with van der Waals surface area (Å²) < 4.78 is 36.2. The lowest BCUT2D eigenvalue weighted by Crippen LogP contribution is -2.04. The van der Waals surface area contributed by atoms with Gasteiger partial charge in [-0.05, 0) is 24.5 Å². The Labute approximate surface area is 72.8 Å². The Morgan fingerprint density at radius 3 is 2.58 bits per heavy atom. The van der Waals surface area contributed by atoms with Crippen LogP contribution in [0, 0.1) is 6.07 Å². The fourth-order valence-electron chi connectivity index (χ4n) is 0.739. The molecule has 0 saturated carbocycles. The molecule has 0 aliphatic carbocycles. The molecule has 1 aromatic rings. The lowest BCUT2D eigenvalue weighted by molar-refractivity contribution is -0.137. The molecule has 1 aromatic carbocycles. The minimum absolute atomic E-state index is 0.504. The number of alkyl halides is 3. The highest BCUT2D eigenvalue weighted by atomic mass is 32.2. The lowest BCUT2D eigenvalue weighted by Gasteiger charge is -2.06. The highest BCUT2D eigenvalue weighted by Crippen LogP contribution is 2.30. The van der Waals surface area contributed by atoms with Gasteiger partial charge in [0, 0.05) is 4.90 Å². The summed E-state index contributed by atoms with van der Waals surface area (Å²) >= 11 is 1.24. The van der Waals surface area contributed by atoms with Crippen LogP contribution in [0.2, 0.25) is 0 Å². The molecule has 0 aliphatic rings. The van der Waals surface area contributed by atoms with Crippen molar-refractivity contribution in [2.24, 2.45) is 0 Å². The van der Waals surface area contributed by atoms with Crippen LogP contribution in [0.1, 0.15) is 5.56 Å². The average molecular weight is 191 g/mol. The maximum absolute atomic E-state index is 12.1. The fourth-order valence-corrected chi connectivity index (χ4v) is 1.17. The highest BCUT2D eigenvalue weighted by Gasteiger charge is 2.30. The monoisotopic (exact) mass is 191 g/mol. The molecule has 1 radical (unpaired) electrons. The highest BCUT2D eigenvalue weighted by molar-refractivity contribution is 7.98. The zero-order valence-corrected chi connectivity index (χ0v) is 7.09. The minimum Gasteiger partial charge on any atom is -0.166 e. The normalized spacial score (nSPS) is 11.7. The van der Waals surface area contributed by atoms with Gasteiger partial charge in [0.2, 0.25) is 0 Å². The van der Waals surface area contributed by atoms with E-state index in [1.54, 1.807) is 6.26 Å². The topological polar surface area (TPSA) is 0 Å². The summed E-state index contributed by atoms with van der Waals surface area (Å²) in [6, 6.07) is 6.08. The Morgan fingerprint density at radius 2 is 2.08 bits per heavy atom. The van der Waals surface area contributed by atoms with Crippen molar-refractivity contribution in [3.05, 3.63) is 29.8 Å². The molecule has 12 heavy (non-hydrogen) atoms. The summed E-state index contributed by atoms with van der Waals surface area (Å²) in [5.74, 6) is 0. The number of hydrogen-bond acceptors (Lipinski definition) is 1. The molecule has 4 heteroatoms. The van der Waals surface area contributed by atoms with Crippen LogP contribution in [0.5, 0.6) is 0 Å². The minimum atomic E-state index is -4.25. The van der Waals surface area contributed by atoms with Gasteiger partial charge < -0.3 is 0 Å². The molecule has 0 bridgehead atoms. The Morgan fingerprint density at radius 1 is 1.42 bits per heavy atom. The van der Waals surface area contributed by atoms with Crippen LogP contribution in [-0.4, -0.2) is 6.26 Å². The molecule has 0 unspecified atom stereocenters. The van der Waals surface area contributed by atoms with Gasteiger partial charge in [0.1, 0.15) is 0 Å². The van der Waals surface area contributed by atoms with Gasteiger partial charge in [-0.3, -0.25) is 0 Å². The van der Waals surface area contributed by atoms with E-state index in [1.165, 1.54) is 17.8 Å². The summed E-state index contributed by atoms with van der Waals surface area (Å²) in [5.41, 5.74) is -0.620. The quantitative estimate of drug-likeness (QED) is 0.614. The van der Waals surface area contributed by atoms with Crippen LogP contribution in [-0.2, 0) is 6.18 Å². The van der Waals surface area contributed by atoms with E-state index in [4.69, 9.17) is 0 Å². The van der Waals surface area contributed by atoms with E-state index < -0.39 is 11.7 Å². The van der Waals surface area contributed by atoms with Crippen molar-refractivity contribution >= 4 is 11.8 Å². The Balaban J connectivity index is 3.02. The van der Waals surface area contributed by atoms with E-state index >= 15 is 0 Å². The molecule has 0 N–H and O–H groups in total. The molecule has 0 fully saturated rings. The number of hydrogen-bond donors (Lipinski definition) is 0. The van der Waals surface area contributed by atoms with Crippen LogP contribution >= 0.6 is 11.8 Å². The fraction of sp³-hybridized carbons (Fsp3) is 0.250. The van der Waals surface area contributed by atoms with Crippen LogP contribution in [0.15, 0.2) is 23.1 Å². The molecule has 0 saturated heterocycles. The Bertz CT molecular complexity index is 267. The molecule has 0 nitrogen and oxygen atoms in total. The van der Waals surface area contributed by atoms with Crippen LogP contribution < -0.4 is 0 Å². The first kappa shape index (κ1) is 9.45. The van der Waals surface area contributed by atoms with Gasteiger partial charge >= 0.3 is 6.18 Å². The van der Waals surface area contributed by atoms with E-state index in [-0.39, 0.29) is 0 Å². The molecular weight excluding hydrogens is 185 g/mol. The zero-order valence-electron chi connectivity index (χ0n) is 6.27. The smallest absolute Gasteiger partial charge is 0.166 e. The van der Waals surface area contributed by atoms with E-state index in [0.717, 1.165) is 12.1 Å². The molecule has 65 valence electrons. The third-order valence-electron chi connectivity index (χ3n) is 1.32. The van der Waals surface area contributed by atoms with Crippen LogP contribution in [0.25, 0.3) is 0 Å². The lowest BCUT2D eigenvalue weighted by atomic mass is 10.2. The third-order valence-corrected chi connectivity index (χ3v) is 2.00. The van der Waals surface area contributed by atoms with E-state index in [9.17, 15) is 13.2 Å². The largest absolute Gasteiger partial charge is 0.416 e. The maximum Gasteiger partial charge on any atom is 0.416 e. The van der Waals surface area contributed by atoms with Crippen LogP contribution in [0.3, 0.4) is 0 Å². The van der Waals surface area contributed by atoms with Gasteiger partial charge in [-0.25, -0.2) is 0 Å². The maximum atomic E-state index is 12.1. The number of halogens is 3. The Hall–Kier alpha value is -0.640. The zero-order chi connectivity index (χ0) is 9.19. The standard InChI is InChI=1S/C8H6F3S/c1-12-7-4-2-3-6(5-7)8(9,10)11/h2-3,5H,1H3. The first-order chi connectivity index (χ1) is 5.54. The second-order valence-corrected chi connectivity index (χ2v) is 2.99. The van der Waals surface area contributed by atoms with E-state index in [0.29, 0.717) is 4.90 Å². The Kier molecular flexibility index (Phi) is 2.67. The first-order valence-corrected chi connectivity index (χ1v) is 4.39. The molecular formula is C8H6F3S. The van der Waals surface area contributed by atoms with Gasteiger partial charge in [0.25, 0.3) is 0 Å². The summed E-state index contributed by atoms with van der Waals surface area (Å²) in [5, 5.41) is 0. The number of thioether (sulfide) groups is 1. The SMILES string of the molecule is CSc1[c]ccc(C(F)(F)F)c1. The number of benzene rings is 1. The van der Waals surface area contributed by atoms with Crippen molar-refractivity contribution in [1.29, 1.82) is 0 Å². The predicted octanol–water partition coefficient (Wildman–Crippen LogP) is 3.23. The van der Waals surface area contributed by atoms with Gasteiger partial charge in [-0.2, -0.15) is 13.2 Å². The summed E-state index contributed by atoms with van der Waals surface area (Å²) in [6.45, 7) is 0. The van der Waals surface area contributed by atoms with E-state index in [2.05, 4.69) is 6.07 Å². The van der Waals surface area contributed by atoms with Crippen molar-refractivity contribution in [3.8, 4) is 0 Å². The van der Waals surface area contributed by atoms with Crippen LogP contribution in [0.4, 0.5) is 13.2 Å². The van der Waals surface area contributed by atoms with Gasteiger partial charge in [-0.1, -0.05) is 6.07 Å². The van der Waals surface area contributed by atoms with Crippen molar-refractivity contribution in [2.45, 2.75) is 11.1 Å². The first-order valence-electron chi connectivity index (χ1n) is 3.17. The molecule has 0 amide bonds. The predicted molar refractivity (Wildman–Crippen MR) is 42.1 cm³/mol. The van der Waals surface area contributed by atoms with E-state index in [1.807, 2.05) is 0 Å². The van der Waals surface area contributed by atoms with Gasteiger partial charge in [0.15, 0.2) is 0 Å². The third kappa shape index (κ3) is 2.17. The number of rotatable bonds is 1. The van der Waals surface area contributed by atoms with Crippen molar-refractivity contribution in [3.63, 3.8) is 0 Å². The molecule has 0 atom stereocenters. The average Bonchev–Trinajstić information content (AvgIpc) is 2.03. The summed E-state index contributed by atoms with van der Waals surface area (Å²) in [4.78, 5) is 0.504. The van der Waals surface area contributed by atoms with Crippen molar-refractivity contribution < 1.29 is 13.2 Å². The second-order valence-electron chi connectivity index (χ2n) is 2.14. The molecule has 0 aliphatic heterocycles. The molecule has 0 aromatic heterocycles. The second kappa shape index (κ2) is 3.39. The van der Waals surface area contributed by atoms with Crippen molar-refractivity contribution in [2.75, 3.05) is 6.26 Å². The van der Waals surface area contributed by atoms with Gasteiger partial charge in [0.05, 0.1) is 5.56 Å². The van der Waals surface area contributed by atoms with Gasteiger partial charge in [-0.15, -0.1) is 11.8 Å². The molecule has 1 rings (SSSR count). The summed E-state index contributed by atoms with van der Waals surface area (Å²) in [7, 11) is 0. The van der Waals surface area contributed by atoms with Crippen molar-refractivity contribution in [1.82, 2.24) is 0 Å². The summed E-state index contributed by atoms with van der Waals surface area (Å²) in [6.07, 6.45) is -2.54.